The maximum Gasteiger partial charge on any atom is 0.358 e. The first-order chi connectivity index (χ1) is 8.76. The molecule has 5 heteroatoms. The van der Waals surface area contributed by atoms with Crippen LogP contribution in [0.2, 0.25) is 0 Å². The van der Waals surface area contributed by atoms with Crippen LogP contribution in [0.3, 0.4) is 0 Å². The molecule has 1 aromatic heterocycles. The predicted molar refractivity (Wildman–Crippen MR) is 76.1 cm³/mol. The summed E-state index contributed by atoms with van der Waals surface area (Å²) in [6, 6.07) is 9.81. The van der Waals surface area contributed by atoms with Gasteiger partial charge in [0, 0.05) is 10.9 Å². The third kappa shape index (κ3) is 2.79. The van der Waals surface area contributed by atoms with Crippen LogP contribution in [0, 0.1) is 0 Å². The fourth-order valence-electron chi connectivity index (χ4n) is 1.51. The summed E-state index contributed by atoms with van der Waals surface area (Å²) in [5.74, 6) is -0.356. The zero-order valence-electron chi connectivity index (χ0n) is 9.85. The first-order valence-corrected chi connectivity index (χ1v) is 7.48. The molecule has 0 aliphatic carbocycles. The van der Waals surface area contributed by atoms with E-state index in [1.54, 1.807) is 6.92 Å². The van der Waals surface area contributed by atoms with Crippen LogP contribution in [-0.2, 0) is 10.1 Å². The third-order valence-electron chi connectivity index (χ3n) is 2.31. The molecule has 0 atom stereocenters. The summed E-state index contributed by atoms with van der Waals surface area (Å²) in [4.78, 5) is 17.0. The third-order valence-corrected chi connectivity index (χ3v) is 4.34. The first kappa shape index (κ1) is 13.2. The smallest absolute Gasteiger partial charge is 0.358 e. The number of hydrogen-bond acceptors (Lipinski definition) is 4. The van der Waals surface area contributed by atoms with Gasteiger partial charge in [-0.05, 0) is 6.92 Å². The van der Waals surface area contributed by atoms with Crippen LogP contribution in [0.5, 0.6) is 0 Å². The van der Waals surface area contributed by atoms with Gasteiger partial charge in [-0.15, -0.1) is 11.3 Å². The van der Waals surface area contributed by atoms with Crippen LogP contribution >= 0.6 is 27.3 Å². The highest BCUT2D eigenvalue weighted by Crippen LogP contribution is 2.29. The molecule has 0 bridgehead atoms. The summed E-state index contributed by atoms with van der Waals surface area (Å²) in [7, 11) is 0. The highest BCUT2D eigenvalue weighted by atomic mass is 79.9. The number of halogens is 1. The van der Waals surface area contributed by atoms with E-state index in [-0.39, 0.29) is 5.97 Å². The second kappa shape index (κ2) is 6.11. The van der Waals surface area contributed by atoms with E-state index >= 15 is 0 Å². The second-order valence-corrected chi connectivity index (χ2v) is 5.16. The molecule has 1 aromatic carbocycles. The summed E-state index contributed by atoms with van der Waals surface area (Å²) in [6.07, 6.45) is 0. The molecule has 0 N–H and O–H groups in total. The molecule has 0 fully saturated rings. The Bertz CT molecular complexity index is 539. The van der Waals surface area contributed by atoms with E-state index in [0.29, 0.717) is 17.6 Å². The molecular formula is C13H12BrNO2S. The number of benzene rings is 1. The Balaban J connectivity index is 2.38. The highest BCUT2D eigenvalue weighted by molar-refractivity contribution is 9.08. The van der Waals surface area contributed by atoms with Gasteiger partial charge < -0.3 is 4.74 Å². The van der Waals surface area contributed by atoms with Crippen molar-refractivity contribution < 1.29 is 9.53 Å². The Morgan fingerprint density at radius 3 is 2.72 bits per heavy atom. The van der Waals surface area contributed by atoms with Crippen LogP contribution in [0.15, 0.2) is 30.3 Å². The van der Waals surface area contributed by atoms with E-state index in [0.717, 1.165) is 15.4 Å². The number of ether oxygens (including phenoxy) is 1. The van der Waals surface area contributed by atoms with E-state index in [1.807, 2.05) is 30.3 Å². The summed E-state index contributed by atoms with van der Waals surface area (Å²) in [6.45, 7) is 2.15. The van der Waals surface area contributed by atoms with Crippen molar-refractivity contribution in [3.8, 4) is 10.6 Å². The number of alkyl halides is 1. The van der Waals surface area contributed by atoms with Gasteiger partial charge in [0.15, 0.2) is 5.69 Å². The van der Waals surface area contributed by atoms with Crippen LogP contribution in [-0.4, -0.2) is 17.6 Å². The fraction of sp³-hybridized carbons (Fsp3) is 0.231. The Labute approximate surface area is 118 Å². The highest BCUT2D eigenvalue weighted by Gasteiger charge is 2.18. The zero-order valence-corrected chi connectivity index (χ0v) is 12.3. The molecule has 0 unspecified atom stereocenters. The molecule has 18 heavy (non-hydrogen) atoms. The number of rotatable bonds is 4. The molecular weight excluding hydrogens is 314 g/mol. The van der Waals surface area contributed by atoms with Crippen LogP contribution in [0.1, 0.15) is 22.3 Å². The topological polar surface area (TPSA) is 39.2 Å². The molecule has 3 nitrogen and oxygen atoms in total. The molecule has 0 spiro atoms. The summed E-state index contributed by atoms with van der Waals surface area (Å²) >= 11 is 4.88. The maximum atomic E-state index is 11.8. The lowest BCUT2D eigenvalue weighted by Gasteiger charge is -1.98. The zero-order chi connectivity index (χ0) is 13.0. The van der Waals surface area contributed by atoms with Crippen LogP contribution < -0.4 is 0 Å². The number of carbonyl (C=O) groups excluding carboxylic acids is 1. The molecule has 0 aliphatic rings. The van der Waals surface area contributed by atoms with Crippen molar-refractivity contribution in [2.24, 2.45) is 0 Å². The summed E-state index contributed by atoms with van der Waals surface area (Å²) in [5.41, 5.74) is 1.43. The molecule has 0 aliphatic heterocycles. The Morgan fingerprint density at radius 1 is 1.39 bits per heavy atom. The van der Waals surface area contributed by atoms with Crippen molar-refractivity contribution >= 4 is 33.2 Å². The van der Waals surface area contributed by atoms with Gasteiger partial charge in [0.2, 0.25) is 0 Å². The van der Waals surface area contributed by atoms with Gasteiger partial charge in [-0.3, -0.25) is 0 Å². The minimum absolute atomic E-state index is 0.356. The number of nitrogens with zero attached hydrogens (tertiary/aromatic N) is 1. The minimum atomic E-state index is -0.356. The predicted octanol–water partition coefficient (Wildman–Crippen LogP) is 3.88. The molecule has 2 aromatic rings. The van der Waals surface area contributed by atoms with E-state index in [1.165, 1.54) is 11.3 Å². The summed E-state index contributed by atoms with van der Waals surface area (Å²) in [5, 5.41) is 1.44. The van der Waals surface area contributed by atoms with Crippen molar-refractivity contribution in [1.82, 2.24) is 4.98 Å². The van der Waals surface area contributed by atoms with Crippen molar-refractivity contribution in [1.29, 1.82) is 0 Å². The van der Waals surface area contributed by atoms with E-state index < -0.39 is 0 Å². The number of carbonyl (C=O) groups is 1. The van der Waals surface area contributed by atoms with Crippen LogP contribution in [0.25, 0.3) is 10.6 Å². The number of aromatic nitrogens is 1. The maximum absolute atomic E-state index is 11.8. The monoisotopic (exact) mass is 325 g/mol. The van der Waals surface area contributed by atoms with Gasteiger partial charge >= 0.3 is 5.97 Å². The average molecular weight is 326 g/mol. The number of thiazole rings is 1. The standard InChI is InChI=1S/C13H12BrNO2S/c1-2-17-13(16)11-10(8-14)18-12(15-11)9-6-4-3-5-7-9/h3-7H,2,8H2,1H3. The lowest BCUT2D eigenvalue weighted by atomic mass is 10.2. The van der Waals surface area contributed by atoms with Crippen molar-refractivity contribution in [2.75, 3.05) is 6.61 Å². The van der Waals surface area contributed by atoms with Crippen molar-refractivity contribution in [3.63, 3.8) is 0 Å². The molecule has 94 valence electrons. The fourth-order valence-corrected chi connectivity index (χ4v) is 3.02. The molecule has 1 heterocycles. The molecule has 0 radical (unpaired) electrons. The lowest BCUT2D eigenvalue weighted by molar-refractivity contribution is 0.0519. The molecule has 0 saturated carbocycles. The van der Waals surface area contributed by atoms with Crippen molar-refractivity contribution in [2.45, 2.75) is 12.3 Å². The molecule has 0 amide bonds. The first-order valence-electron chi connectivity index (χ1n) is 5.54. The van der Waals surface area contributed by atoms with Crippen molar-refractivity contribution in [3.05, 3.63) is 40.9 Å². The largest absolute Gasteiger partial charge is 0.461 e. The van der Waals surface area contributed by atoms with Gasteiger partial charge in [-0.1, -0.05) is 46.3 Å². The Morgan fingerprint density at radius 2 is 2.11 bits per heavy atom. The normalized spacial score (nSPS) is 10.3. The van der Waals surface area contributed by atoms with E-state index in [2.05, 4.69) is 20.9 Å². The van der Waals surface area contributed by atoms with Gasteiger partial charge in [0.1, 0.15) is 5.01 Å². The average Bonchev–Trinajstić information content (AvgIpc) is 2.84. The number of esters is 1. The quantitative estimate of drug-likeness (QED) is 0.632. The van der Waals surface area contributed by atoms with Gasteiger partial charge in [-0.2, -0.15) is 0 Å². The SMILES string of the molecule is CCOC(=O)c1nc(-c2ccccc2)sc1CBr. The van der Waals surface area contributed by atoms with Gasteiger partial charge in [-0.25, -0.2) is 9.78 Å². The lowest BCUT2D eigenvalue weighted by Crippen LogP contribution is -2.07. The van der Waals surface area contributed by atoms with Gasteiger partial charge in [0.25, 0.3) is 0 Å². The van der Waals surface area contributed by atoms with Crippen LogP contribution in [0.4, 0.5) is 0 Å². The van der Waals surface area contributed by atoms with Gasteiger partial charge in [0.05, 0.1) is 11.5 Å². The Kier molecular flexibility index (Phi) is 4.49. The number of hydrogen-bond donors (Lipinski definition) is 0. The molecule has 0 saturated heterocycles. The Hall–Kier alpha value is -1.20. The second-order valence-electron chi connectivity index (χ2n) is 3.51. The van der Waals surface area contributed by atoms with E-state index in [9.17, 15) is 4.79 Å². The van der Waals surface area contributed by atoms with E-state index in [4.69, 9.17) is 4.74 Å². The minimum Gasteiger partial charge on any atom is -0.461 e. The summed E-state index contributed by atoms with van der Waals surface area (Å²) < 4.78 is 5.00. The molecule has 2 rings (SSSR count).